The van der Waals surface area contributed by atoms with E-state index in [4.69, 9.17) is 0 Å². The quantitative estimate of drug-likeness (QED) is 0.896. The Labute approximate surface area is 123 Å². The zero-order chi connectivity index (χ0) is 14.0. The molecule has 0 aliphatic rings. The van der Waals surface area contributed by atoms with Crippen molar-refractivity contribution in [1.82, 2.24) is 4.98 Å². The van der Waals surface area contributed by atoms with Crippen LogP contribution in [-0.4, -0.2) is 10.9 Å². The summed E-state index contributed by atoms with van der Waals surface area (Å²) >= 11 is 4.43. The summed E-state index contributed by atoms with van der Waals surface area (Å²) in [6, 6.07) is 4.34. The second kappa shape index (κ2) is 5.79. The minimum Gasteiger partial charge on any atom is -0.298 e. The molecule has 0 unspecified atom stereocenters. The van der Waals surface area contributed by atoms with Gasteiger partial charge in [-0.1, -0.05) is 19.9 Å². The average molecular weight is 343 g/mol. The number of thiazole rings is 1. The van der Waals surface area contributed by atoms with Gasteiger partial charge in [0.05, 0.1) is 15.7 Å². The third-order valence-electron chi connectivity index (χ3n) is 2.53. The van der Waals surface area contributed by atoms with Gasteiger partial charge in [-0.3, -0.25) is 10.1 Å². The topological polar surface area (TPSA) is 42.0 Å². The fourth-order valence-corrected chi connectivity index (χ4v) is 2.76. The van der Waals surface area contributed by atoms with E-state index in [-0.39, 0.29) is 15.9 Å². The van der Waals surface area contributed by atoms with Crippen LogP contribution >= 0.6 is 27.3 Å². The number of aromatic nitrogens is 1. The molecule has 0 aliphatic heterocycles. The number of nitrogens with one attached hydrogen (secondary N) is 1. The third-order valence-corrected chi connectivity index (χ3v) is 4.11. The average Bonchev–Trinajstić information content (AvgIpc) is 2.81. The molecule has 100 valence electrons. The molecule has 1 heterocycles. The van der Waals surface area contributed by atoms with Crippen molar-refractivity contribution in [3.63, 3.8) is 0 Å². The Morgan fingerprint density at radius 2 is 2.21 bits per heavy atom. The molecule has 0 saturated carbocycles. The van der Waals surface area contributed by atoms with Crippen molar-refractivity contribution < 1.29 is 9.18 Å². The van der Waals surface area contributed by atoms with Crippen LogP contribution in [0.5, 0.6) is 0 Å². The highest BCUT2D eigenvalue weighted by atomic mass is 79.9. The molecule has 1 aromatic heterocycles. The van der Waals surface area contributed by atoms with E-state index in [2.05, 4.69) is 26.2 Å². The molecule has 0 radical (unpaired) electrons. The molecule has 0 spiro atoms. The highest BCUT2D eigenvalue weighted by Gasteiger charge is 2.15. The summed E-state index contributed by atoms with van der Waals surface area (Å²) in [5.41, 5.74) is 1.18. The summed E-state index contributed by atoms with van der Waals surface area (Å²) in [6.07, 6.45) is 0. The Kier molecular flexibility index (Phi) is 4.31. The Hall–Kier alpha value is -1.27. The zero-order valence-electron chi connectivity index (χ0n) is 10.4. The standard InChI is InChI=1S/C13H12BrFN2OS/c1-7(2)10-6-19-13(16-10)17-12(18)8-4-3-5-9(15)11(8)14/h3-7H,1-2H3,(H,16,17,18). The van der Waals surface area contributed by atoms with E-state index in [9.17, 15) is 9.18 Å². The molecule has 1 aromatic carbocycles. The summed E-state index contributed by atoms with van der Waals surface area (Å²) < 4.78 is 13.5. The van der Waals surface area contributed by atoms with Gasteiger partial charge in [-0.15, -0.1) is 11.3 Å². The summed E-state index contributed by atoms with van der Waals surface area (Å²) in [5.74, 6) is -0.534. The van der Waals surface area contributed by atoms with E-state index >= 15 is 0 Å². The Bertz CT molecular complexity index is 612. The first-order chi connectivity index (χ1) is 8.99. The third kappa shape index (κ3) is 3.19. The van der Waals surface area contributed by atoms with Crippen LogP contribution in [0.4, 0.5) is 9.52 Å². The van der Waals surface area contributed by atoms with Crippen LogP contribution in [0, 0.1) is 5.82 Å². The second-order valence-corrected chi connectivity index (χ2v) is 5.94. The van der Waals surface area contributed by atoms with Gasteiger partial charge in [0.25, 0.3) is 5.91 Å². The van der Waals surface area contributed by atoms with Crippen LogP contribution in [0.3, 0.4) is 0 Å². The van der Waals surface area contributed by atoms with Crippen LogP contribution < -0.4 is 5.32 Å². The van der Waals surface area contributed by atoms with Crippen LogP contribution in [0.2, 0.25) is 0 Å². The van der Waals surface area contributed by atoms with Gasteiger partial charge in [0.1, 0.15) is 5.82 Å². The lowest BCUT2D eigenvalue weighted by Crippen LogP contribution is -2.13. The monoisotopic (exact) mass is 342 g/mol. The largest absolute Gasteiger partial charge is 0.298 e. The van der Waals surface area contributed by atoms with E-state index in [1.165, 1.54) is 23.5 Å². The maximum Gasteiger partial charge on any atom is 0.258 e. The van der Waals surface area contributed by atoms with E-state index in [1.807, 2.05) is 19.2 Å². The molecule has 1 amide bonds. The highest BCUT2D eigenvalue weighted by molar-refractivity contribution is 9.10. The number of halogens is 2. The number of nitrogens with zero attached hydrogens (tertiary/aromatic N) is 1. The van der Waals surface area contributed by atoms with Gasteiger partial charge in [0, 0.05) is 5.38 Å². The first-order valence-corrected chi connectivity index (χ1v) is 7.37. The van der Waals surface area contributed by atoms with Crippen LogP contribution in [-0.2, 0) is 0 Å². The van der Waals surface area contributed by atoms with E-state index < -0.39 is 5.82 Å². The summed E-state index contributed by atoms with van der Waals surface area (Å²) in [4.78, 5) is 16.3. The predicted octanol–water partition coefficient (Wildman–Crippen LogP) is 4.42. The van der Waals surface area contributed by atoms with Crippen LogP contribution in [0.25, 0.3) is 0 Å². The SMILES string of the molecule is CC(C)c1csc(NC(=O)c2cccc(F)c2Br)n1. The van der Waals surface area contributed by atoms with Gasteiger partial charge < -0.3 is 0 Å². The van der Waals surface area contributed by atoms with Crippen molar-refractivity contribution in [2.45, 2.75) is 19.8 Å². The molecule has 0 aliphatic carbocycles. The molecule has 3 nitrogen and oxygen atoms in total. The number of rotatable bonds is 3. The van der Waals surface area contributed by atoms with Gasteiger partial charge >= 0.3 is 0 Å². The lowest BCUT2D eigenvalue weighted by Gasteiger charge is -2.05. The molecule has 0 atom stereocenters. The fourth-order valence-electron chi connectivity index (χ4n) is 1.45. The van der Waals surface area contributed by atoms with Crippen LogP contribution in [0.15, 0.2) is 28.1 Å². The molecular formula is C13H12BrFN2OS. The number of hydrogen-bond acceptors (Lipinski definition) is 3. The van der Waals surface area contributed by atoms with E-state index in [0.717, 1.165) is 5.69 Å². The molecule has 0 saturated heterocycles. The maximum absolute atomic E-state index is 13.3. The summed E-state index contributed by atoms with van der Waals surface area (Å²) in [7, 11) is 0. The van der Waals surface area contributed by atoms with Gasteiger partial charge in [-0.25, -0.2) is 9.37 Å². The fraction of sp³-hybridized carbons (Fsp3) is 0.231. The normalized spacial score (nSPS) is 10.8. The maximum atomic E-state index is 13.3. The van der Waals surface area contributed by atoms with Gasteiger partial charge in [-0.2, -0.15) is 0 Å². The van der Waals surface area contributed by atoms with E-state index in [1.54, 1.807) is 6.07 Å². The Morgan fingerprint density at radius 3 is 2.84 bits per heavy atom. The molecular weight excluding hydrogens is 331 g/mol. The van der Waals surface area contributed by atoms with Crippen molar-refractivity contribution in [2.75, 3.05) is 5.32 Å². The predicted molar refractivity (Wildman–Crippen MR) is 78.3 cm³/mol. The molecule has 0 bridgehead atoms. The smallest absolute Gasteiger partial charge is 0.258 e. The Morgan fingerprint density at radius 1 is 1.47 bits per heavy atom. The van der Waals surface area contributed by atoms with Crippen molar-refractivity contribution >= 4 is 38.3 Å². The van der Waals surface area contributed by atoms with Crippen molar-refractivity contribution in [2.24, 2.45) is 0 Å². The van der Waals surface area contributed by atoms with Crippen molar-refractivity contribution in [1.29, 1.82) is 0 Å². The lowest BCUT2D eigenvalue weighted by atomic mass is 10.2. The molecule has 2 rings (SSSR count). The number of hydrogen-bond donors (Lipinski definition) is 1. The highest BCUT2D eigenvalue weighted by Crippen LogP contribution is 2.24. The number of carbonyl (C=O) groups is 1. The molecule has 2 aromatic rings. The number of anilines is 1. The number of carbonyl (C=O) groups excluding carboxylic acids is 1. The molecule has 0 fully saturated rings. The van der Waals surface area contributed by atoms with Crippen LogP contribution in [0.1, 0.15) is 35.8 Å². The minimum absolute atomic E-state index is 0.160. The summed E-state index contributed by atoms with van der Waals surface area (Å²) in [6.45, 7) is 4.06. The Balaban J connectivity index is 2.18. The zero-order valence-corrected chi connectivity index (χ0v) is 12.8. The van der Waals surface area contributed by atoms with Crippen molar-refractivity contribution in [3.8, 4) is 0 Å². The second-order valence-electron chi connectivity index (χ2n) is 4.29. The first kappa shape index (κ1) is 14.1. The van der Waals surface area contributed by atoms with Gasteiger partial charge in [0.2, 0.25) is 0 Å². The summed E-state index contributed by atoms with van der Waals surface area (Å²) in [5, 5.41) is 5.10. The molecule has 6 heteroatoms. The molecule has 19 heavy (non-hydrogen) atoms. The number of amides is 1. The lowest BCUT2D eigenvalue weighted by molar-refractivity contribution is 0.102. The first-order valence-electron chi connectivity index (χ1n) is 5.70. The molecule has 1 N–H and O–H groups in total. The van der Waals surface area contributed by atoms with E-state index in [0.29, 0.717) is 11.0 Å². The minimum atomic E-state index is -0.463. The van der Waals surface area contributed by atoms with Gasteiger partial charge in [-0.05, 0) is 34.0 Å². The number of benzene rings is 1. The van der Waals surface area contributed by atoms with Gasteiger partial charge in [0.15, 0.2) is 5.13 Å². The van der Waals surface area contributed by atoms with Crippen molar-refractivity contribution in [3.05, 3.63) is 45.1 Å².